The minimum atomic E-state index is -0.129. The van der Waals surface area contributed by atoms with Crippen molar-refractivity contribution in [3.05, 3.63) is 70.3 Å². The lowest BCUT2D eigenvalue weighted by Gasteiger charge is -2.24. The topological polar surface area (TPSA) is 61.0 Å². The third-order valence-corrected chi connectivity index (χ3v) is 4.65. The first kappa shape index (κ1) is 18.1. The number of nitrogens with one attached hydrogen (secondary N) is 2. The predicted molar refractivity (Wildman–Crippen MR) is 110 cm³/mol. The first-order valence-electron chi connectivity index (χ1n) is 8.73. The van der Waals surface area contributed by atoms with E-state index in [0.29, 0.717) is 34.9 Å². The van der Waals surface area contributed by atoms with Gasteiger partial charge in [-0.05, 0) is 55.4 Å². The van der Waals surface area contributed by atoms with Crippen LogP contribution in [0.3, 0.4) is 0 Å². The van der Waals surface area contributed by atoms with Gasteiger partial charge in [0, 0.05) is 12.2 Å². The molecule has 0 bridgehead atoms. The minimum Gasteiger partial charge on any atom is -0.342 e. The lowest BCUT2D eigenvalue weighted by molar-refractivity contribution is 0.429. The molecule has 1 heterocycles. The van der Waals surface area contributed by atoms with Crippen molar-refractivity contribution < 1.29 is 0 Å². The number of aromatic nitrogens is 2. The second-order valence-corrected chi connectivity index (χ2v) is 6.41. The normalized spacial score (nSPS) is 10.7. The molecule has 0 atom stereocenters. The molecular formula is C20H22N4OS. The fraction of sp³-hybridized carbons (Fsp3) is 0.250. The molecule has 0 aliphatic heterocycles. The summed E-state index contributed by atoms with van der Waals surface area (Å²) in [5.41, 5.74) is 2.80. The van der Waals surface area contributed by atoms with Gasteiger partial charge >= 0.3 is 0 Å². The summed E-state index contributed by atoms with van der Waals surface area (Å²) in [6.07, 6.45) is 1.01. The highest BCUT2D eigenvalue weighted by Crippen LogP contribution is 2.12. The highest BCUT2D eigenvalue weighted by molar-refractivity contribution is 7.80. The monoisotopic (exact) mass is 366 g/mol. The number of benzene rings is 2. The molecule has 2 aromatic carbocycles. The molecule has 0 amide bonds. The van der Waals surface area contributed by atoms with Crippen LogP contribution in [0.1, 0.15) is 25.2 Å². The number of para-hydroxylation sites is 1. The van der Waals surface area contributed by atoms with Crippen LogP contribution in [0, 0.1) is 0 Å². The molecule has 0 spiro atoms. The molecule has 0 aliphatic rings. The molecule has 26 heavy (non-hydrogen) atoms. The number of nitrogens with zero attached hydrogens (tertiary/aromatic N) is 2. The fourth-order valence-electron chi connectivity index (χ4n) is 2.74. The van der Waals surface area contributed by atoms with Crippen LogP contribution in [0.4, 0.5) is 5.69 Å². The molecule has 1 aromatic heterocycles. The van der Waals surface area contributed by atoms with E-state index in [1.54, 1.807) is 6.07 Å². The predicted octanol–water partition coefficient (Wildman–Crippen LogP) is 3.70. The van der Waals surface area contributed by atoms with E-state index in [4.69, 9.17) is 12.2 Å². The van der Waals surface area contributed by atoms with E-state index in [-0.39, 0.29) is 5.56 Å². The summed E-state index contributed by atoms with van der Waals surface area (Å²) < 4.78 is 0. The van der Waals surface area contributed by atoms with Gasteiger partial charge in [0.25, 0.3) is 5.56 Å². The van der Waals surface area contributed by atoms with Gasteiger partial charge < -0.3 is 15.2 Å². The van der Waals surface area contributed by atoms with E-state index >= 15 is 0 Å². The Morgan fingerprint density at radius 3 is 2.58 bits per heavy atom. The van der Waals surface area contributed by atoms with Crippen molar-refractivity contribution in [1.82, 2.24) is 14.9 Å². The largest absolute Gasteiger partial charge is 0.342 e. The van der Waals surface area contributed by atoms with E-state index in [9.17, 15) is 4.79 Å². The molecular weight excluding hydrogens is 344 g/mol. The van der Waals surface area contributed by atoms with Crippen molar-refractivity contribution in [3.63, 3.8) is 0 Å². The van der Waals surface area contributed by atoms with Gasteiger partial charge in [0.1, 0.15) is 5.82 Å². The van der Waals surface area contributed by atoms with Crippen molar-refractivity contribution in [2.45, 2.75) is 26.8 Å². The summed E-state index contributed by atoms with van der Waals surface area (Å²) >= 11 is 5.54. The van der Waals surface area contributed by atoms with Crippen LogP contribution < -0.4 is 10.9 Å². The summed E-state index contributed by atoms with van der Waals surface area (Å²) in [7, 11) is 0. The van der Waals surface area contributed by atoms with Gasteiger partial charge in [0.15, 0.2) is 5.11 Å². The molecule has 0 fully saturated rings. The van der Waals surface area contributed by atoms with Crippen LogP contribution >= 0.6 is 12.2 Å². The number of hydrogen-bond donors (Lipinski definition) is 2. The second kappa shape index (κ2) is 8.10. The van der Waals surface area contributed by atoms with Crippen LogP contribution in [0.2, 0.25) is 0 Å². The Morgan fingerprint density at radius 2 is 1.88 bits per heavy atom. The molecule has 0 unspecified atom stereocenters. The Kier molecular flexibility index (Phi) is 5.63. The SMILES string of the molecule is CCc1ccc(NC(=S)N(CC)Cc2nc3ccccc3c(=O)[nH]2)cc1. The maximum atomic E-state index is 12.2. The Balaban J connectivity index is 1.76. The number of aromatic amines is 1. The molecule has 0 radical (unpaired) electrons. The number of anilines is 1. The molecule has 3 rings (SSSR count). The zero-order chi connectivity index (χ0) is 18.5. The van der Waals surface area contributed by atoms with Crippen LogP contribution in [-0.2, 0) is 13.0 Å². The van der Waals surface area contributed by atoms with Gasteiger partial charge in [-0.2, -0.15) is 0 Å². The number of hydrogen-bond acceptors (Lipinski definition) is 3. The molecule has 2 N–H and O–H groups in total. The van der Waals surface area contributed by atoms with Crippen LogP contribution in [0.5, 0.6) is 0 Å². The van der Waals surface area contributed by atoms with E-state index in [0.717, 1.165) is 12.1 Å². The highest BCUT2D eigenvalue weighted by Gasteiger charge is 2.11. The smallest absolute Gasteiger partial charge is 0.258 e. The van der Waals surface area contributed by atoms with Crippen LogP contribution in [0.15, 0.2) is 53.3 Å². The quantitative estimate of drug-likeness (QED) is 0.674. The van der Waals surface area contributed by atoms with Gasteiger partial charge in [-0.25, -0.2) is 4.98 Å². The number of aryl methyl sites for hydroxylation is 1. The lowest BCUT2D eigenvalue weighted by atomic mass is 10.1. The Bertz CT molecular complexity index is 965. The number of H-pyrrole nitrogens is 1. The van der Waals surface area contributed by atoms with E-state index in [1.807, 2.05) is 42.2 Å². The highest BCUT2D eigenvalue weighted by atomic mass is 32.1. The number of fused-ring (bicyclic) bond motifs is 1. The van der Waals surface area contributed by atoms with Gasteiger partial charge in [-0.3, -0.25) is 4.79 Å². The Labute approximate surface area is 158 Å². The zero-order valence-electron chi connectivity index (χ0n) is 15.0. The Hall–Kier alpha value is -2.73. The first-order valence-corrected chi connectivity index (χ1v) is 9.14. The van der Waals surface area contributed by atoms with Crippen molar-refractivity contribution in [2.24, 2.45) is 0 Å². The van der Waals surface area contributed by atoms with Gasteiger partial charge in [-0.1, -0.05) is 31.2 Å². The molecule has 0 aliphatic carbocycles. The molecule has 6 heteroatoms. The lowest BCUT2D eigenvalue weighted by Crippen LogP contribution is -2.35. The summed E-state index contributed by atoms with van der Waals surface area (Å²) in [6, 6.07) is 15.5. The molecule has 5 nitrogen and oxygen atoms in total. The average Bonchev–Trinajstić information content (AvgIpc) is 2.66. The standard InChI is InChI=1S/C20H22N4OS/c1-3-14-9-11-15(12-10-14)21-20(26)24(4-2)13-18-22-17-8-6-5-7-16(17)19(25)23-18/h5-12H,3-4,13H2,1-2H3,(H,21,26)(H,22,23,25). The van der Waals surface area contributed by atoms with Gasteiger partial charge in [0.2, 0.25) is 0 Å². The van der Waals surface area contributed by atoms with E-state index < -0.39 is 0 Å². The second-order valence-electron chi connectivity index (χ2n) is 6.02. The Morgan fingerprint density at radius 1 is 1.15 bits per heavy atom. The van der Waals surface area contributed by atoms with Gasteiger partial charge in [-0.15, -0.1) is 0 Å². The average molecular weight is 366 g/mol. The van der Waals surface area contributed by atoms with Crippen molar-refractivity contribution >= 4 is 33.9 Å². The first-order chi connectivity index (χ1) is 12.6. The van der Waals surface area contributed by atoms with Crippen molar-refractivity contribution in [2.75, 3.05) is 11.9 Å². The van der Waals surface area contributed by atoms with Crippen LogP contribution in [-0.4, -0.2) is 26.5 Å². The number of thiocarbonyl (C=S) groups is 1. The molecule has 0 saturated carbocycles. The summed E-state index contributed by atoms with van der Waals surface area (Å²) in [5.74, 6) is 0.598. The minimum absolute atomic E-state index is 0.129. The third-order valence-electron chi connectivity index (χ3n) is 4.28. The van der Waals surface area contributed by atoms with Crippen molar-refractivity contribution in [1.29, 1.82) is 0 Å². The summed E-state index contributed by atoms with van der Waals surface area (Å²) in [6.45, 7) is 5.29. The van der Waals surface area contributed by atoms with Gasteiger partial charge in [0.05, 0.1) is 17.4 Å². The molecule has 134 valence electrons. The van der Waals surface area contributed by atoms with Crippen LogP contribution in [0.25, 0.3) is 10.9 Å². The summed E-state index contributed by atoms with van der Waals surface area (Å²) in [5, 5.41) is 4.45. The van der Waals surface area contributed by atoms with Crippen molar-refractivity contribution in [3.8, 4) is 0 Å². The number of rotatable bonds is 5. The third kappa shape index (κ3) is 4.08. The maximum absolute atomic E-state index is 12.2. The zero-order valence-corrected chi connectivity index (χ0v) is 15.8. The molecule has 0 saturated heterocycles. The maximum Gasteiger partial charge on any atom is 0.258 e. The summed E-state index contributed by atoms with van der Waals surface area (Å²) in [4.78, 5) is 21.6. The van der Waals surface area contributed by atoms with E-state index in [2.05, 4.69) is 34.3 Å². The van der Waals surface area contributed by atoms with E-state index in [1.165, 1.54) is 5.56 Å². The molecule has 3 aromatic rings. The fourth-order valence-corrected chi connectivity index (χ4v) is 3.06.